The Morgan fingerprint density at radius 3 is 2.69 bits per heavy atom. The second-order valence-corrected chi connectivity index (χ2v) is 7.35. The SMILES string of the molecule is O=C1CSc2ccc(NC(=O)C(=O)N[C@@H]3C[C@H]3c3ccccc3)cc2N1. The van der Waals surface area contributed by atoms with E-state index < -0.39 is 11.8 Å². The zero-order valence-corrected chi connectivity index (χ0v) is 14.6. The Labute approximate surface area is 154 Å². The highest BCUT2D eigenvalue weighted by Crippen LogP contribution is 2.40. The molecule has 2 aliphatic rings. The van der Waals surface area contributed by atoms with Crippen molar-refractivity contribution in [2.45, 2.75) is 23.3 Å². The summed E-state index contributed by atoms with van der Waals surface area (Å²) in [4.78, 5) is 36.7. The van der Waals surface area contributed by atoms with Gasteiger partial charge in [0.1, 0.15) is 0 Å². The molecule has 7 heteroatoms. The first-order valence-electron chi connectivity index (χ1n) is 8.33. The lowest BCUT2D eigenvalue weighted by molar-refractivity contribution is -0.136. The molecule has 2 aromatic rings. The van der Waals surface area contributed by atoms with Crippen molar-refractivity contribution in [3.63, 3.8) is 0 Å². The number of carbonyl (C=O) groups excluding carboxylic acids is 3. The summed E-state index contributed by atoms with van der Waals surface area (Å²) >= 11 is 1.44. The van der Waals surface area contributed by atoms with Crippen LogP contribution in [0.2, 0.25) is 0 Å². The summed E-state index contributed by atoms with van der Waals surface area (Å²) in [6.07, 6.45) is 0.838. The van der Waals surface area contributed by atoms with E-state index in [2.05, 4.69) is 16.0 Å². The molecule has 4 rings (SSSR count). The number of nitrogens with one attached hydrogen (secondary N) is 3. The van der Waals surface area contributed by atoms with Gasteiger partial charge in [0.2, 0.25) is 5.91 Å². The van der Waals surface area contributed by atoms with E-state index in [0.717, 1.165) is 11.3 Å². The predicted molar refractivity (Wildman–Crippen MR) is 100 cm³/mol. The first kappa shape index (κ1) is 16.7. The number of carbonyl (C=O) groups is 3. The normalized spacial score (nSPS) is 20.5. The van der Waals surface area contributed by atoms with Crippen LogP contribution in [0.15, 0.2) is 53.4 Å². The van der Waals surface area contributed by atoms with E-state index in [4.69, 9.17) is 0 Å². The van der Waals surface area contributed by atoms with Gasteiger partial charge < -0.3 is 16.0 Å². The number of hydrogen-bond donors (Lipinski definition) is 3. The van der Waals surface area contributed by atoms with Crippen molar-refractivity contribution in [2.75, 3.05) is 16.4 Å². The van der Waals surface area contributed by atoms with Gasteiger partial charge in [-0.3, -0.25) is 14.4 Å². The molecule has 3 N–H and O–H groups in total. The molecule has 2 atom stereocenters. The van der Waals surface area contributed by atoms with Crippen molar-refractivity contribution in [3.05, 3.63) is 54.1 Å². The molecule has 3 amide bonds. The van der Waals surface area contributed by atoms with Crippen LogP contribution in [-0.4, -0.2) is 29.5 Å². The van der Waals surface area contributed by atoms with Crippen LogP contribution in [-0.2, 0) is 14.4 Å². The van der Waals surface area contributed by atoms with Crippen molar-refractivity contribution in [1.29, 1.82) is 0 Å². The standard InChI is InChI=1S/C19H17N3O3S/c23-17-10-26-16-7-6-12(8-15(16)21-17)20-18(24)19(25)22-14-9-13(14)11-4-2-1-3-5-11/h1-8,13-14H,9-10H2,(H,20,24)(H,21,23)(H,22,25)/t13-,14+/m0/s1. The number of hydrogen-bond acceptors (Lipinski definition) is 4. The first-order chi connectivity index (χ1) is 12.6. The van der Waals surface area contributed by atoms with Gasteiger partial charge in [0.25, 0.3) is 0 Å². The maximum atomic E-state index is 12.1. The van der Waals surface area contributed by atoms with Crippen LogP contribution in [0.5, 0.6) is 0 Å². The maximum Gasteiger partial charge on any atom is 0.313 e. The predicted octanol–water partition coefficient (Wildman–Crippen LogP) is 2.34. The Balaban J connectivity index is 1.34. The number of rotatable bonds is 3. The quantitative estimate of drug-likeness (QED) is 0.727. The Kier molecular flexibility index (Phi) is 4.38. The topological polar surface area (TPSA) is 87.3 Å². The van der Waals surface area contributed by atoms with Gasteiger partial charge in [-0.2, -0.15) is 0 Å². The van der Waals surface area contributed by atoms with Gasteiger partial charge in [0, 0.05) is 22.5 Å². The Morgan fingerprint density at radius 1 is 1.08 bits per heavy atom. The highest BCUT2D eigenvalue weighted by Gasteiger charge is 2.40. The first-order valence-corrected chi connectivity index (χ1v) is 9.32. The van der Waals surface area contributed by atoms with Gasteiger partial charge in [-0.15, -0.1) is 11.8 Å². The fraction of sp³-hybridized carbons (Fsp3) is 0.211. The number of fused-ring (bicyclic) bond motifs is 1. The minimum absolute atomic E-state index is 0.00475. The highest BCUT2D eigenvalue weighted by molar-refractivity contribution is 8.00. The lowest BCUT2D eigenvalue weighted by atomic mass is 10.1. The molecule has 0 saturated heterocycles. The number of amides is 3. The van der Waals surface area contributed by atoms with E-state index in [1.807, 2.05) is 36.4 Å². The van der Waals surface area contributed by atoms with Crippen LogP contribution in [0.25, 0.3) is 0 Å². The van der Waals surface area contributed by atoms with E-state index in [1.54, 1.807) is 12.1 Å². The molecule has 1 aliphatic heterocycles. The van der Waals surface area contributed by atoms with E-state index in [9.17, 15) is 14.4 Å². The molecule has 6 nitrogen and oxygen atoms in total. The maximum absolute atomic E-state index is 12.1. The number of anilines is 2. The molecule has 1 aliphatic carbocycles. The molecule has 1 saturated carbocycles. The second kappa shape index (κ2) is 6.84. The molecule has 26 heavy (non-hydrogen) atoms. The smallest absolute Gasteiger partial charge is 0.313 e. The van der Waals surface area contributed by atoms with E-state index >= 15 is 0 Å². The van der Waals surface area contributed by atoms with Crippen molar-refractivity contribution in [1.82, 2.24) is 5.32 Å². The molecule has 0 spiro atoms. The second-order valence-electron chi connectivity index (χ2n) is 6.33. The van der Waals surface area contributed by atoms with Crippen LogP contribution in [0.3, 0.4) is 0 Å². The molecular formula is C19H17N3O3S. The molecular weight excluding hydrogens is 350 g/mol. The minimum Gasteiger partial charge on any atom is -0.344 e. The summed E-state index contributed by atoms with van der Waals surface area (Å²) in [5, 5.41) is 8.11. The van der Waals surface area contributed by atoms with Gasteiger partial charge in [0.15, 0.2) is 0 Å². The summed E-state index contributed by atoms with van der Waals surface area (Å²) in [6.45, 7) is 0. The average molecular weight is 367 g/mol. The minimum atomic E-state index is -0.710. The molecule has 0 bridgehead atoms. The fourth-order valence-electron chi connectivity index (χ4n) is 3.01. The zero-order valence-electron chi connectivity index (χ0n) is 13.8. The molecule has 1 heterocycles. The molecule has 0 aromatic heterocycles. The Morgan fingerprint density at radius 2 is 1.88 bits per heavy atom. The third kappa shape index (κ3) is 3.57. The molecule has 132 valence electrons. The van der Waals surface area contributed by atoms with Crippen molar-refractivity contribution in [3.8, 4) is 0 Å². The average Bonchev–Trinajstić information content (AvgIpc) is 3.41. The van der Waals surface area contributed by atoms with Crippen LogP contribution < -0.4 is 16.0 Å². The van der Waals surface area contributed by atoms with E-state index in [-0.39, 0.29) is 17.9 Å². The van der Waals surface area contributed by atoms with Crippen molar-refractivity contribution < 1.29 is 14.4 Å². The van der Waals surface area contributed by atoms with Gasteiger partial charge >= 0.3 is 11.8 Å². The molecule has 0 unspecified atom stereocenters. The summed E-state index contributed by atoms with van der Waals surface area (Å²) in [6, 6.07) is 15.1. The zero-order chi connectivity index (χ0) is 18.1. The Hall–Kier alpha value is -2.80. The van der Waals surface area contributed by atoms with Gasteiger partial charge in [-0.25, -0.2) is 0 Å². The largest absolute Gasteiger partial charge is 0.344 e. The third-order valence-electron chi connectivity index (χ3n) is 4.41. The van der Waals surface area contributed by atoms with Gasteiger partial charge in [0.05, 0.1) is 11.4 Å². The summed E-state index contributed by atoms with van der Waals surface area (Å²) in [5.41, 5.74) is 2.29. The highest BCUT2D eigenvalue weighted by atomic mass is 32.2. The summed E-state index contributed by atoms with van der Waals surface area (Å²) < 4.78 is 0. The number of thioether (sulfide) groups is 1. The Bertz CT molecular complexity index is 885. The van der Waals surface area contributed by atoms with Gasteiger partial charge in [-0.1, -0.05) is 30.3 Å². The lowest BCUT2D eigenvalue weighted by Gasteiger charge is -2.17. The van der Waals surface area contributed by atoms with Crippen LogP contribution in [0.4, 0.5) is 11.4 Å². The summed E-state index contributed by atoms with van der Waals surface area (Å²) in [7, 11) is 0. The van der Waals surface area contributed by atoms with Crippen LogP contribution in [0, 0.1) is 0 Å². The number of benzene rings is 2. The third-order valence-corrected chi connectivity index (χ3v) is 5.48. The van der Waals surface area contributed by atoms with Crippen molar-refractivity contribution >= 4 is 40.9 Å². The van der Waals surface area contributed by atoms with Gasteiger partial charge in [-0.05, 0) is 30.2 Å². The summed E-state index contributed by atoms with van der Waals surface area (Å²) in [5.74, 6) is -0.790. The molecule has 0 radical (unpaired) electrons. The molecule has 2 aromatic carbocycles. The monoisotopic (exact) mass is 367 g/mol. The molecule has 1 fully saturated rings. The van der Waals surface area contributed by atoms with Crippen LogP contribution in [0.1, 0.15) is 17.9 Å². The fourth-order valence-corrected chi connectivity index (χ4v) is 3.79. The van der Waals surface area contributed by atoms with Crippen LogP contribution >= 0.6 is 11.8 Å². The lowest BCUT2D eigenvalue weighted by Crippen LogP contribution is -2.37. The van der Waals surface area contributed by atoms with E-state index in [1.165, 1.54) is 17.3 Å². The van der Waals surface area contributed by atoms with E-state index in [0.29, 0.717) is 17.1 Å². The van der Waals surface area contributed by atoms with Crippen molar-refractivity contribution in [2.24, 2.45) is 0 Å².